The highest BCUT2D eigenvalue weighted by Crippen LogP contribution is 2.31. The van der Waals surface area contributed by atoms with Crippen molar-refractivity contribution in [1.82, 2.24) is 0 Å². The summed E-state index contributed by atoms with van der Waals surface area (Å²) in [5.74, 6) is 0. The van der Waals surface area contributed by atoms with Crippen molar-refractivity contribution in [3.8, 4) is 0 Å². The molecule has 4 aromatic carbocycles. The summed E-state index contributed by atoms with van der Waals surface area (Å²) in [6, 6.07) is 29.6. The summed E-state index contributed by atoms with van der Waals surface area (Å²) in [6.45, 7) is 0. The van der Waals surface area contributed by atoms with Gasteiger partial charge in [0.15, 0.2) is 0 Å². The number of hydrogen-bond donors (Lipinski definition) is 0. The van der Waals surface area contributed by atoms with Crippen molar-refractivity contribution in [2.75, 3.05) is 0 Å². The van der Waals surface area contributed by atoms with Crippen LogP contribution in [0.2, 0.25) is 0 Å². The van der Waals surface area contributed by atoms with Gasteiger partial charge in [0.25, 0.3) is 0 Å². The molecule has 0 spiro atoms. The van der Waals surface area contributed by atoms with Gasteiger partial charge in [0, 0.05) is 15.5 Å². The first-order chi connectivity index (χ1) is 12.9. The minimum atomic E-state index is 0.980. The smallest absolute Gasteiger partial charge is 0.141 e. The van der Waals surface area contributed by atoms with Crippen molar-refractivity contribution in [1.29, 1.82) is 0 Å². The molecule has 0 N–H and O–H groups in total. The quantitative estimate of drug-likeness (QED) is 0.256. The lowest BCUT2D eigenvalue weighted by atomic mass is 10.0. The van der Waals surface area contributed by atoms with E-state index in [1.807, 2.05) is 6.07 Å². The molecule has 0 amide bonds. The first-order valence-electron chi connectivity index (χ1n) is 8.60. The Morgan fingerprint density at radius 3 is 2.23 bits per heavy atom. The Morgan fingerprint density at radius 2 is 1.31 bits per heavy atom. The van der Waals surface area contributed by atoms with Gasteiger partial charge in [0.1, 0.15) is 5.58 Å². The molecule has 6 rings (SSSR count). The van der Waals surface area contributed by atoms with Crippen LogP contribution >= 0.6 is 11.3 Å². The minimum Gasteiger partial charge on any atom is -0.464 e. The number of furan rings is 1. The van der Waals surface area contributed by atoms with Crippen LogP contribution in [0.25, 0.3) is 42.6 Å². The minimum absolute atomic E-state index is 0.980. The zero-order valence-electron chi connectivity index (χ0n) is 14.1. The van der Waals surface area contributed by atoms with Gasteiger partial charge in [-0.1, -0.05) is 60.7 Å². The van der Waals surface area contributed by atoms with Gasteiger partial charge in [0.05, 0.1) is 6.26 Å². The van der Waals surface area contributed by atoms with Gasteiger partial charge >= 0.3 is 0 Å². The van der Waals surface area contributed by atoms with Crippen LogP contribution in [0.1, 0.15) is 0 Å². The fourth-order valence-electron chi connectivity index (χ4n) is 3.42. The third-order valence-electron chi connectivity index (χ3n) is 4.70. The molecule has 0 unspecified atom stereocenters. The van der Waals surface area contributed by atoms with E-state index in [-0.39, 0.29) is 0 Å². The Bertz CT molecular complexity index is 1310. The van der Waals surface area contributed by atoms with Crippen molar-refractivity contribution in [3.63, 3.8) is 0 Å². The first-order valence-corrected chi connectivity index (χ1v) is 9.48. The van der Waals surface area contributed by atoms with E-state index in [2.05, 4.69) is 84.2 Å². The second kappa shape index (κ2) is 6.32. The van der Waals surface area contributed by atoms with E-state index < -0.39 is 0 Å². The highest BCUT2D eigenvalue weighted by molar-refractivity contribution is 7.17. The van der Waals surface area contributed by atoms with E-state index in [1.54, 1.807) is 17.6 Å². The predicted octanol–water partition coefficient (Wildman–Crippen LogP) is 7.64. The van der Waals surface area contributed by atoms with E-state index in [9.17, 15) is 0 Å². The summed E-state index contributed by atoms with van der Waals surface area (Å²) in [6.07, 6.45) is 1.75. The summed E-state index contributed by atoms with van der Waals surface area (Å²) in [4.78, 5) is 0. The second-order valence-electron chi connectivity index (χ2n) is 6.24. The molecule has 0 saturated carbocycles. The zero-order valence-corrected chi connectivity index (χ0v) is 14.9. The van der Waals surface area contributed by atoms with Crippen LogP contribution < -0.4 is 0 Å². The molecule has 0 radical (unpaired) electrons. The molecular formula is C24H16OS. The van der Waals surface area contributed by atoms with Crippen LogP contribution in [0.4, 0.5) is 0 Å². The third kappa shape index (κ3) is 2.56. The molecule has 1 nitrogen and oxygen atoms in total. The topological polar surface area (TPSA) is 13.1 Å². The van der Waals surface area contributed by atoms with Crippen LogP contribution in [-0.2, 0) is 0 Å². The maximum absolute atomic E-state index is 5.58. The molecule has 2 heteroatoms. The Hall–Kier alpha value is -3.10. The molecule has 0 aliphatic carbocycles. The summed E-state index contributed by atoms with van der Waals surface area (Å²) in [7, 11) is 0. The average Bonchev–Trinajstić information content (AvgIpc) is 3.37. The molecular weight excluding hydrogens is 336 g/mol. The lowest BCUT2D eigenvalue weighted by molar-refractivity contribution is 0.619. The van der Waals surface area contributed by atoms with Crippen molar-refractivity contribution in [2.45, 2.75) is 0 Å². The molecule has 2 aromatic heterocycles. The van der Waals surface area contributed by atoms with Gasteiger partial charge in [-0.25, -0.2) is 0 Å². The Morgan fingerprint density at radius 1 is 0.538 bits per heavy atom. The molecule has 2 heterocycles. The van der Waals surface area contributed by atoms with E-state index >= 15 is 0 Å². The summed E-state index contributed by atoms with van der Waals surface area (Å²) >= 11 is 1.79. The fraction of sp³-hybridized carbons (Fsp3) is 0. The fourth-order valence-corrected chi connectivity index (χ4v) is 4.21. The van der Waals surface area contributed by atoms with Gasteiger partial charge in [-0.15, -0.1) is 11.3 Å². The summed E-state index contributed by atoms with van der Waals surface area (Å²) in [5.41, 5.74) is 0.980. The summed E-state index contributed by atoms with van der Waals surface area (Å²) < 4.78 is 6.95. The second-order valence-corrected chi connectivity index (χ2v) is 7.19. The van der Waals surface area contributed by atoms with Crippen LogP contribution in [0.3, 0.4) is 0 Å². The van der Waals surface area contributed by atoms with E-state index in [1.165, 1.54) is 31.6 Å². The molecule has 0 bridgehead atoms. The molecule has 0 aliphatic heterocycles. The SMILES string of the molecule is c1ccc2c(c1)ccc1c2ccc2ccoc21.c1ccc2sccc2c1. The number of fused-ring (bicyclic) bond motifs is 6. The maximum Gasteiger partial charge on any atom is 0.141 e. The largest absolute Gasteiger partial charge is 0.464 e. The van der Waals surface area contributed by atoms with E-state index in [0.717, 1.165) is 11.0 Å². The molecule has 6 aromatic rings. The molecule has 26 heavy (non-hydrogen) atoms. The van der Waals surface area contributed by atoms with Crippen molar-refractivity contribution >= 4 is 53.9 Å². The van der Waals surface area contributed by atoms with Crippen LogP contribution in [0, 0.1) is 0 Å². The predicted molar refractivity (Wildman–Crippen MR) is 113 cm³/mol. The van der Waals surface area contributed by atoms with Crippen LogP contribution in [-0.4, -0.2) is 0 Å². The highest BCUT2D eigenvalue weighted by atomic mass is 32.1. The lowest BCUT2D eigenvalue weighted by Crippen LogP contribution is -1.77. The van der Waals surface area contributed by atoms with Gasteiger partial charge < -0.3 is 4.42 Å². The normalized spacial score (nSPS) is 11.1. The molecule has 0 saturated heterocycles. The van der Waals surface area contributed by atoms with Gasteiger partial charge in [0.2, 0.25) is 0 Å². The Balaban J connectivity index is 0.000000141. The Labute approximate surface area is 155 Å². The van der Waals surface area contributed by atoms with Crippen LogP contribution in [0.15, 0.2) is 101 Å². The van der Waals surface area contributed by atoms with Crippen molar-refractivity contribution in [2.24, 2.45) is 0 Å². The standard InChI is InChI=1S/C16H10O.C8H6S/c1-2-4-13-11(3-1)5-8-15-14(13)7-6-12-9-10-17-16(12)15;1-2-4-8-7(3-1)5-6-9-8/h1-10H;1-6H. The molecule has 0 fully saturated rings. The molecule has 0 atom stereocenters. The third-order valence-corrected chi connectivity index (χ3v) is 5.60. The summed E-state index contributed by atoms with van der Waals surface area (Å²) in [5, 5.41) is 9.62. The average molecular weight is 352 g/mol. The number of hydrogen-bond acceptors (Lipinski definition) is 2. The van der Waals surface area contributed by atoms with Gasteiger partial charge in [-0.05, 0) is 51.2 Å². The van der Waals surface area contributed by atoms with E-state index in [0.29, 0.717) is 0 Å². The lowest BCUT2D eigenvalue weighted by Gasteiger charge is -2.03. The first kappa shape index (κ1) is 15.2. The number of benzene rings is 4. The maximum atomic E-state index is 5.58. The Kier molecular flexibility index (Phi) is 3.69. The van der Waals surface area contributed by atoms with Crippen LogP contribution in [0.5, 0.6) is 0 Å². The monoisotopic (exact) mass is 352 g/mol. The number of thiophene rings is 1. The van der Waals surface area contributed by atoms with E-state index in [4.69, 9.17) is 4.42 Å². The molecule has 124 valence electrons. The van der Waals surface area contributed by atoms with Gasteiger partial charge in [-0.2, -0.15) is 0 Å². The van der Waals surface area contributed by atoms with Crippen molar-refractivity contribution in [3.05, 3.63) is 96.6 Å². The van der Waals surface area contributed by atoms with Gasteiger partial charge in [-0.3, -0.25) is 0 Å². The highest BCUT2D eigenvalue weighted by Gasteiger charge is 2.05. The number of rotatable bonds is 0. The molecule has 0 aliphatic rings. The zero-order chi connectivity index (χ0) is 17.3. The van der Waals surface area contributed by atoms with Crippen molar-refractivity contribution < 1.29 is 4.42 Å².